The van der Waals surface area contributed by atoms with Crippen LogP contribution in [0.15, 0.2) is 66.4 Å². The van der Waals surface area contributed by atoms with Crippen molar-refractivity contribution in [3.63, 3.8) is 0 Å². The van der Waals surface area contributed by atoms with Gasteiger partial charge in [0.05, 0.1) is 10.4 Å². The summed E-state index contributed by atoms with van der Waals surface area (Å²) in [5, 5.41) is 7.35. The molecule has 0 bridgehead atoms. The molecule has 138 valence electrons. The topological polar surface area (TPSA) is 53.6 Å². The fourth-order valence-electron chi connectivity index (χ4n) is 3.40. The molecule has 5 aromatic rings. The van der Waals surface area contributed by atoms with Gasteiger partial charge >= 0.3 is 0 Å². The van der Waals surface area contributed by atoms with Crippen LogP contribution in [0.4, 0.5) is 10.2 Å². The number of rotatable bonds is 5. The van der Waals surface area contributed by atoms with Gasteiger partial charge in [0, 0.05) is 35.3 Å². The lowest BCUT2D eigenvalue weighted by molar-refractivity contribution is 0.639. The van der Waals surface area contributed by atoms with Gasteiger partial charge in [-0.1, -0.05) is 12.1 Å². The average Bonchev–Trinajstić information content (AvgIpc) is 3.37. The molecular formula is C22H17FN4S. The quantitative estimate of drug-likeness (QED) is 0.410. The molecule has 0 unspecified atom stereocenters. The Labute approximate surface area is 165 Å². The number of thiophene rings is 1. The second kappa shape index (κ2) is 7.05. The lowest BCUT2D eigenvalue weighted by Gasteiger charge is -2.08. The van der Waals surface area contributed by atoms with Crippen molar-refractivity contribution >= 4 is 38.1 Å². The van der Waals surface area contributed by atoms with Crippen LogP contribution in [-0.4, -0.2) is 21.5 Å². The first-order valence-electron chi connectivity index (χ1n) is 9.05. The highest BCUT2D eigenvalue weighted by Gasteiger charge is 2.07. The molecule has 0 saturated heterocycles. The number of halogens is 1. The molecular weight excluding hydrogens is 371 g/mol. The molecule has 0 aliphatic heterocycles. The summed E-state index contributed by atoms with van der Waals surface area (Å²) in [7, 11) is 0. The maximum Gasteiger partial charge on any atom is 0.141 e. The van der Waals surface area contributed by atoms with Crippen LogP contribution in [0.1, 0.15) is 5.56 Å². The van der Waals surface area contributed by atoms with Crippen molar-refractivity contribution in [2.24, 2.45) is 0 Å². The Morgan fingerprint density at radius 3 is 2.93 bits per heavy atom. The number of nitrogens with one attached hydrogen (secondary N) is 2. The van der Waals surface area contributed by atoms with Gasteiger partial charge in [-0.2, -0.15) is 0 Å². The van der Waals surface area contributed by atoms with Crippen molar-refractivity contribution in [3.05, 3.63) is 77.8 Å². The molecule has 5 rings (SSSR count). The van der Waals surface area contributed by atoms with Gasteiger partial charge in [0.15, 0.2) is 0 Å². The molecule has 3 aromatic heterocycles. The van der Waals surface area contributed by atoms with Crippen molar-refractivity contribution in [2.45, 2.75) is 6.42 Å². The number of aromatic nitrogens is 3. The maximum absolute atomic E-state index is 14.1. The number of hydrogen-bond donors (Lipinski definition) is 2. The van der Waals surface area contributed by atoms with Crippen LogP contribution in [0, 0.1) is 5.82 Å². The highest BCUT2D eigenvalue weighted by Crippen LogP contribution is 2.26. The number of fused-ring (bicyclic) bond motifs is 2. The molecule has 4 nitrogen and oxygen atoms in total. The fourth-order valence-corrected chi connectivity index (χ4v) is 4.19. The zero-order valence-electron chi connectivity index (χ0n) is 14.9. The minimum atomic E-state index is -0.146. The van der Waals surface area contributed by atoms with E-state index in [0.717, 1.165) is 50.0 Å². The van der Waals surface area contributed by atoms with Gasteiger partial charge in [-0.25, -0.2) is 14.4 Å². The molecule has 3 heterocycles. The highest BCUT2D eigenvalue weighted by molar-refractivity contribution is 7.17. The smallest absolute Gasteiger partial charge is 0.141 e. The normalized spacial score (nSPS) is 11.3. The van der Waals surface area contributed by atoms with Crippen molar-refractivity contribution in [1.82, 2.24) is 15.0 Å². The number of nitrogens with zero attached hydrogens (tertiary/aromatic N) is 2. The van der Waals surface area contributed by atoms with Gasteiger partial charge < -0.3 is 10.3 Å². The second-order valence-electron chi connectivity index (χ2n) is 6.66. The third kappa shape index (κ3) is 3.23. The van der Waals surface area contributed by atoms with Crippen LogP contribution in [0.2, 0.25) is 0 Å². The Morgan fingerprint density at radius 2 is 1.96 bits per heavy atom. The first-order valence-corrected chi connectivity index (χ1v) is 9.93. The molecule has 2 N–H and O–H groups in total. The van der Waals surface area contributed by atoms with E-state index < -0.39 is 0 Å². The molecule has 6 heteroatoms. The van der Waals surface area contributed by atoms with Gasteiger partial charge in [0.2, 0.25) is 0 Å². The zero-order valence-corrected chi connectivity index (χ0v) is 15.8. The molecule has 0 amide bonds. The number of hydrogen-bond acceptors (Lipinski definition) is 4. The Hall–Kier alpha value is -3.25. The minimum absolute atomic E-state index is 0.146. The SMILES string of the molecule is Fc1cc(CCNc2cc(-c3ccc4[nH]ccc4c3)ncn2)cc2ccsc12. The number of benzene rings is 2. The Kier molecular flexibility index (Phi) is 4.25. The van der Waals surface area contributed by atoms with Gasteiger partial charge in [-0.15, -0.1) is 11.3 Å². The van der Waals surface area contributed by atoms with Crippen LogP contribution in [0.5, 0.6) is 0 Å². The third-order valence-corrected chi connectivity index (χ3v) is 5.74. The van der Waals surface area contributed by atoms with Crippen molar-refractivity contribution in [3.8, 4) is 11.3 Å². The minimum Gasteiger partial charge on any atom is -0.370 e. The summed E-state index contributed by atoms with van der Waals surface area (Å²) in [6.45, 7) is 0.669. The van der Waals surface area contributed by atoms with Crippen LogP contribution in [0.3, 0.4) is 0 Å². The summed E-state index contributed by atoms with van der Waals surface area (Å²) in [5.74, 6) is 0.614. The van der Waals surface area contributed by atoms with Crippen LogP contribution in [0.25, 0.3) is 32.2 Å². The number of aromatic amines is 1. The van der Waals surface area contributed by atoms with E-state index in [-0.39, 0.29) is 5.82 Å². The monoisotopic (exact) mass is 388 g/mol. The van der Waals surface area contributed by atoms with Crippen molar-refractivity contribution in [1.29, 1.82) is 0 Å². The molecule has 0 aliphatic carbocycles. The molecule has 0 atom stereocenters. The Balaban J connectivity index is 1.31. The van der Waals surface area contributed by atoms with E-state index in [2.05, 4.69) is 32.4 Å². The van der Waals surface area contributed by atoms with E-state index in [4.69, 9.17) is 0 Å². The van der Waals surface area contributed by atoms with E-state index >= 15 is 0 Å². The Bertz CT molecular complexity index is 1270. The predicted octanol–water partition coefficient (Wildman–Crippen LogP) is 5.63. The molecule has 0 aliphatic rings. The molecule has 0 radical (unpaired) electrons. The van der Waals surface area contributed by atoms with E-state index in [0.29, 0.717) is 6.54 Å². The fraction of sp³-hybridized carbons (Fsp3) is 0.0909. The lowest BCUT2D eigenvalue weighted by atomic mass is 10.1. The standard InChI is InChI=1S/C22H17FN4S/c23-18-10-14(9-17-5-8-28-22(17)18)3-6-25-21-12-20(26-13-27-21)15-1-2-19-16(11-15)4-7-24-19/h1-2,4-5,7-13,24H,3,6H2,(H,25,26,27). The first-order chi connectivity index (χ1) is 13.8. The van der Waals surface area contributed by atoms with Gasteiger partial charge in [0.25, 0.3) is 0 Å². The van der Waals surface area contributed by atoms with Crippen LogP contribution < -0.4 is 5.32 Å². The van der Waals surface area contributed by atoms with Gasteiger partial charge in [-0.3, -0.25) is 0 Å². The molecule has 2 aromatic carbocycles. The van der Waals surface area contributed by atoms with Crippen LogP contribution in [-0.2, 0) is 6.42 Å². The first kappa shape index (κ1) is 16.9. The molecule has 28 heavy (non-hydrogen) atoms. The highest BCUT2D eigenvalue weighted by atomic mass is 32.1. The maximum atomic E-state index is 14.1. The van der Waals surface area contributed by atoms with E-state index in [1.54, 1.807) is 12.4 Å². The summed E-state index contributed by atoms with van der Waals surface area (Å²) in [6.07, 6.45) is 4.21. The Morgan fingerprint density at radius 1 is 1.00 bits per heavy atom. The summed E-state index contributed by atoms with van der Waals surface area (Å²) < 4.78 is 14.8. The summed E-state index contributed by atoms with van der Waals surface area (Å²) in [5.41, 5.74) is 3.99. The van der Waals surface area contributed by atoms with E-state index in [9.17, 15) is 4.39 Å². The lowest BCUT2D eigenvalue weighted by Crippen LogP contribution is -2.07. The number of anilines is 1. The van der Waals surface area contributed by atoms with E-state index in [1.807, 2.05) is 41.9 Å². The average molecular weight is 388 g/mol. The molecule has 0 saturated carbocycles. The summed E-state index contributed by atoms with van der Waals surface area (Å²) >= 11 is 1.43. The predicted molar refractivity (Wildman–Crippen MR) is 113 cm³/mol. The molecule has 0 fully saturated rings. The largest absolute Gasteiger partial charge is 0.370 e. The number of H-pyrrole nitrogens is 1. The summed E-state index contributed by atoms with van der Waals surface area (Å²) in [4.78, 5) is 11.9. The third-order valence-electron chi connectivity index (χ3n) is 4.80. The van der Waals surface area contributed by atoms with Crippen molar-refractivity contribution in [2.75, 3.05) is 11.9 Å². The van der Waals surface area contributed by atoms with E-state index in [1.165, 1.54) is 11.3 Å². The van der Waals surface area contributed by atoms with Gasteiger partial charge in [-0.05, 0) is 53.1 Å². The molecule has 0 spiro atoms. The second-order valence-corrected chi connectivity index (χ2v) is 7.58. The van der Waals surface area contributed by atoms with Crippen LogP contribution >= 0.6 is 11.3 Å². The zero-order chi connectivity index (χ0) is 18.9. The van der Waals surface area contributed by atoms with Gasteiger partial charge in [0.1, 0.15) is 18.0 Å². The summed E-state index contributed by atoms with van der Waals surface area (Å²) in [6, 6.07) is 15.8. The van der Waals surface area contributed by atoms with Crippen molar-refractivity contribution < 1.29 is 4.39 Å².